The van der Waals surface area contributed by atoms with Gasteiger partial charge in [-0.3, -0.25) is 33.7 Å². The third-order valence-electron chi connectivity index (χ3n) is 20.3. The van der Waals surface area contributed by atoms with Crippen molar-refractivity contribution in [3.05, 3.63) is 233 Å². The molecule has 2 saturated heterocycles. The van der Waals surface area contributed by atoms with Gasteiger partial charge in [-0.15, -0.1) is 0 Å². The Morgan fingerprint density at radius 2 is 0.920 bits per heavy atom. The zero-order valence-corrected chi connectivity index (χ0v) is 68.0. The number of ether oxygens (including phenoxy) is 3. The van der Waals surface area contributed by atoms with Gasteiger partial charge >= 0.3 is 6.09 Å². The quantitative estimate of drug-likeness (QED) is 0.0510. The van der Waals surface area contributed by atoms with Gasteiger partial charge in [-0.1, -0.05) is 145 Å². The summed E-state index contributed by atoms with van der Waals surface area (Å²) in [6, 6.07) is 42.5. The molecule has 22 nitrogen and oxygen atoms in total. The lowest BCUT2D eigenvalue weighted by molar-refractivity contribution is -0.141. The Morgan fingerprint density at radius 3 is 1.27 bits per heavy atom. The molecule has 2 fully saturated rings. The van der Waals surface area contributed by atoms with Crippen molar-refractivity contribution in [2.75, 3.05) is 46.3 Å². The first-order valence-electron chi connectivity index (χ1n) is 38.7. The molecule has 8 atom stereocenters. The second-order valence-corrected chi connectivity index (χ2v) is 32.8. The Labute approximate surface area is 662 Å². The molecule has 0 unspecified atom stereocenters. The lowest BCUT2D eigenvalue weighted by Gasteiger charge is -2.38. The van der Waals surface area contributed by atoms with E-state index in [1.807, 2.05) is 186 Å². The van der Waals surface area contributed by atoms with E-state index < -0.39 is 64.7 Å². The second-order valence-electron chi connectivity index (χ2n) is 32.8. The molecule has 5 aromatic carbocycles. The molecule has 3 N–H and O–H groups in total. The summed E-state index contributed by atoms with van der Waals surface area (Å²) in [5.41, 5.74) is 4.83. The SMILES string of the molecule is CC[C@@H](C)C(=O)N[C@H](C(=O)N1C[C@@H](Oc2ccc(C)cc2)C[C@H]1CN(CCc1ccc(F)cc1)C(=O)c1cn2ccccc2n1)C(C)(C)C.Cc1ccc(O)cc1.Cc1ccc(O[C@H]2C[C@@H](CN(CCc3ccc(F)cc3)C(=O)c3cn4ccccc4n3)N(C(=O)[C@@H](NC(=O)[C@H](C)N(C)C(=O)OC(C)(C)C)C(C)(C)C)C2)cc1. The summed E-state index contributed by atoms with van der Waals surface area (Å²) in [6.45, 7) is 29.5. The van der Waals surface area contributed by atoms with Gasteiger partial charge in [0.2, 0.25) is 23.6 Å². The van der Waals surface area contributed by atoms with E-state index in [0.717, 1.165) is 22.3 Å². The first-order valence-corrected chi connectivity index (χ1v) is 38.7. The minimum absolute atomic E-state index is 0.149. The first-order chi connectivity index (χ1) is 53.4. The van der Waals surface area contributed by atoms with Crippen LogP contribution in [0.5, 0.6) is 17.2 Å². The predicted molar refractivity (Wildman–Crippen MR) is 432 cm³/mol. The van der Waals surface area contributed by atoms with Crippen molar-refractivity contribution in [1.82, 2.24) is 53.9 Å². The summed E-state index contributed by atoms with van der Waals surface area (Å²) in [5.74, 6) is -1.03. The number of phenols is 1. The van der Waals surface area contributed by atoms with Gasteiger partial charge in [0.1, 0.15) is 87.5 Å². The third kappa shape index (κ3) is 24.2. The Hall–Kier alpha value is -11.2. The Balaban J connectivity index is 0.000000237. The Morgan fingerprint density at radius 1 is 0.540 bits per heavy atom. The van der Waals surface area contributed by atoms with Gasteiger partial charge in [-0.05, 0) is 175 Å². The number of carbonyl (C=O) groups is 7. The minimum Gasteiger partial charge on any atom is -0.508 e. The van der Waals surface area contributed by atoms with E-state index >= 15 is 0 Å². The van der Waals surface area contributed by atoms with Crippen LogP contribution in [0, 0.1) is 49.2 Å². The molecule has 0 saturated carbocycles. The van der Waals surface area contributed by atoms with Gasteiger partial charge in [0.15, 0.2) is 0 Å². The van der Waals surface area contributed by atoms with E-state index in [-0.39, 0.29) is 85.1 Å². The Bertz CT molecular complexity index is 4600. The van der Waals surface area contributed by atoms with Crippen LogP contribution in [-0.2, 0) is 36.8 Å². The van der Waals surface area contributed by atoms with Crippen molar-refractivity contribution in [2.45, 2.75) is 184 Å². The van der Waals surface area contributed by atoms with Crippen molar-refractivity contribution in [2.24, 2.45) is 16.7 Å². The van der Waals surface area contributed by atoms with Gasteiger partial charge in [-0.25, -0.2) is 23.5 Å². The van der Waals surface area contributed by atoms with Crippen molar-refractivity contribution >= 4 is 52.8 Å². The number of likely N-dealkylation sites (tertiary alicyclic amines) is 2. The molecule has 11 rings (SSSR count). The van der Waals surface area contributed by atoms with Crippen LogP contribution < -0.4 is 20.1 Å². The lowest BCUT2D eigenvalue weighted by Crippen LogP contribution is -2.60. The number of likely N-dealkylation sites (N-methyl/N-ethyl adjacent to an activating group) is 1. The number of halogens is 2. The van der Waals surface area contributed by atoms with Crippen LogP contribution in [0.2, 0.25) is 0 Å². The second kappa shape index (κ2) is 37.9. The summed E-state index contributed by atoms with van der Waals surface area (Å²) in [4.78, 5) is 115. The number of fused-ring (bicyclic) bond motifs is 2. The van der Waals surface area contributed by atoms with Crippen LogP contribution in [0.25, 0.3) is 11.3 Å². The highest BCUT2D eigenvalue weighted by Gasteiger charge is 2.47. The van der Waals surface area contributed by atoms with Crippen LogP contribution in [0.15, 0.2) is 183 Å². The summed E-state index contributed by atoms with van der Waals surface area (Å²) < 4.78 is 49.4. The van der Waals surface area contributed by atoms with Crippen molar-refractivity contribution < 1.29 is 61.7 Å². The molecule has 0 spiro atoms. The average Bonchev–Trinajstić information content (AvgIpc) is 1.69. The fourth-order valence-electron chi connectivity index (χ4n) is 13.3. The number of rotatable bonds is 24. The van der Waals surface area contributed by atoms with E-state index in [9.17, 15) is 42.3 Å². The molecular formula is C89H111F2N11O11. The molecule has 2 aliphatic rings. The minimum atomic E-state index is -0.994. The fourth-order valence-corrected chi connectivity index (χ4v) is 13.3. The number of pyridine rings is 2. The molecule has 113 heavy (non-hydrogen) atoms. The van der Waals surface area contributed by atoms with Gasteiger partial charge in [0, 0.05) is 76.8 Å². The summed E-state index contributed by atoms with van der Waals surface area (Å²) in [5, 5.41) is 14.8. The number of benzene rings is 5. The number of aromatic hydroxyl groups is 1. The van der Waals surface area contributed by atoms with E-state index in [2.05, 4.69) is 20.6 Å². The molecule has 0 radical (unpaired) electrons. The van der Waals surface area contributed by atoms with E-state index in [4.69, 9.17) is 19.3 Å². The lowest BCUT2D eigenvalue weighted by atomic mass is 9.85. The van der Waals surface area contributed by atoms with Gasteiger partial charge in [0.05, 0.1) is 25.2 Å². The molecular weight excluding hydrogens is 1440 g/mol. The largest absolute Gasteiger partial charge is 0.508 e. The number of aryl methyl sites for hydroxylation is 3. The van der Waals surface area contributed by atoms with Crippen LogP contribution in [0.1, 0.15) is 151 Å². The molecule has 2 aliphatic heterocycles. The number of carbonyl (C=O) groups excluding carboxylic acids is 7. The zero-order valence-electron chi connectivity index (χ0n) is 68.0. The number of aromatic nitrogens is 4. The molecule has 6 heterocycles. The maximum absolute atomic E-state index is 14.8. The summed E-state index contributed by atoms with van der Waals surface area (Å²) in [7, 11) is 1.48. The summed E-state index contributed by atoms with van der Waals surface area (Å²) >= 11 is 0. The number of hydrogen-bond acceptors (Lipinski definition) is 13. The van der Waals surface area contributed by atoms with E-state index in [0.29, 0.717) is 79.4 Å². The van der Waals surface area contributed by atoms with Gasteiger partial charge in [-0.2, -0.15) is 0 Å². The zero-order chi connectivity index (χ0) is 82.2. The first kappa shape index (κ1) is 85.8. The number of amides is 7. The number of nitrogens with one attached hydrogen (secondary N) is 2. The highest BCUT2D eigenvalue weighted by molar-refractivity contribution is 5.95. The Kier molecular flexibility index (Phi) is 28.8. The predicted octanol–water partition coefficient (Wildman–Crippen LogP) is 14.1. The molecule has 9 aromatic rings. The maximum Gasteiger partial charge on any atom is 0.410 e. The van der Waals surface area contributed by atoms with Crippen LogP contribution in [0.4, 0.5) is 13.6 Å². The van der Waals surface area contributed by atoms with Crippen molar-refractivity contribution in [3.63, 3.8) is 0 Å². The molecule has 7 amide bonds. The third-order valence-corrected chi connectivity index (χ3v) is 20.3. The standard InChI is InChI=1S/C43H55FN6O6.C39H48FN5O4.C7H8O/c1-28-13-19-33(20-14-28)55-34-24-32(50(26-34)40(53)37(42(3,4)5)46-38(51)29(2)47(9)41(54)56-43(6,7)8)25-49(23-21-30-15-17-31(44)18-16-30)39(52)35-27-48-22-11-10-12-36(48)45-35;1-7-27(3)36(46)42-35(39(4,5)6)38(48)45-24-32(49-31-17-11-26(2)12-18-31)22-30(45)23-44(21-19-28-13-15-29(40)16-14-28)37(47)33-25-43-20-9-8-10-34(43)41-33;1-6-2-4-7(8)5-3-6/h10-20,22,27,29,32,34,37H,21,23-26H2,1-9H3,(H,46,51);8-18,20,25,27,30,32,35H,7,19,21-24H2,1-6H3,(H,42,46);2-5,8H,1H3/t29-,32-,34-,37+;27-,30+,32+,35-;/m01./s1. The smallest absolute Gasteiger partial charge is 0.410 e. The molecule has 24 heteroatoms. The van der Waals surface area contributed by atoms with Crippen molar-refractivity contribution in [3.8, 4) is 17.2 Å². The molecule has 0 bridgehead atoms. The topological polar surface area (TPSA) is 242 Å². The normalized spacial score (nSPS) is 16.6. The molecule has 602 valence electrons. The van der Waals surface area contributed by atoms with E-state index in [1.54, 1.807) is 105 Å². The molecule has 0 aliphatic carbocycles. The number of hydrogen-bond donors (Lipinski definition) is 3. The summed E-state index contributed by atoms with van der Waals surface area (Å²) in [6.07, 6.45) is 8.13. The number of imidazole rings is 2. The number of nitrogens with zero attached hydrogens (tertiary/aromatic N) is 9. The van der Waals surface area contributed by atoms with Crippen molar-refractivity contribution in [1.29, 1.82) is 0 Å². The molecule has 4 aromatic heterocycles. The van der Waals surface area contributed by atoms with Crippen LogP contribution in [-0.4, -0.2) is 184 Å². The fraction of sp³-hybridized carbons (Fsp3) is 0.427. The average molecular weight is 1550 g/mol. The van der Waals surface area contributed by atoms with Crippen LogP contribution >= 0.6 is 0 Å². The monoisotopic (exact) mass is 1550 g/mol. The highest BCUT2D eigenvalue weighted by Crippen LogP contribution is 2.33. The van der Waals surface area contributed by atoms with Gasteiger partial charge in [0.25, 0.3) is 11.8 Å². The maximum atomic E-state index is 14.8. The van der Waals surface area contributed by atoms with Gasteiger partial charge < -0.3 is 58.4 Å². The number of phenolic OH excluding ortho intramolecular Hbond substituents is 1. The highest BCUT2D eigenvalue weighted by atomic mass is 19.1. The van der Waals surface area contributed by atoms with E-state index in [1.165, 1.54) is 41.8 Å². The van der Waals surface area contributed by atoms with Crippen LogP contribution in [0.3, 0.4) is 0 Å².